The molecule has 108 valence electrons. The minimum Gasteiger partial charge on any atom is -0.377 e. The second kappa shape index (κ2) is 8.97. The molecule has 0 atom stereocenters. The van der Waals surface area contributed by atoms with Gasteiger partial charge in [0.25, 0.3) is 0 Å². The first-order valence-corrected chi connectivity index (χ1v) is 7.28. The van der Waals surface area contributed by atoms with E-state index in [0.29, 0.717) is 13.2 Å². The van der Waals surface area contributed by atoms with Gasteiger partial charge in [0.2, 0.25) is 0 Å². The van der Waals surface area contributed by atoms with Gasteiger partial charge in [0, 0.05) is 12.2 Å². The average molecular weight is 279 g/mol. The number of hydrogen-bond acceptors (Lipinski definition) is 2. The van der Waals surface area contributed by atoms with Crippen molar-refractivity contribution in [1.29, 1.82) is 0 Å². The van der Waals surface area contributed by atoms with Crippen molar-refractivity contribution in [2.45, 2.75) is 19.4 Å². The molecule has 2 N–H and O–H groups in total. The van der Waals surface area contributed by atoms with E-state index in [1.165, 1.54) is 5.56 Å². The monoisotopic (exact) mass is 279 g/mol. The van der Waals surface area contributed by atoms with Gasteiger partial charge in [-0.25, -0.2) is 0 Å². The molecule has 21 heavy (non-hydrogen) atoms. The molecular weight excluding hydrogens is 258 g/mol. The molecule has 2 aromatic carbocycles. The molecule has 2 nitrogen and oxygen atoms in total. The summed E-state index contributed by atoms with van der Waals surface area (Å²) in [5, 5.41) is 0. The van der Waals surface area contributed by atoms with Crippen LogP contribution in [0.25, 0.3) is 0 Å². The zero-order valence-electron chi connectivity index (χ0n) is 12.2. The maximum absolute atomic E-state index is 5.73. The summed E-state index contributed by atoms with van der Waals surface area (Å²) in [6, 6.07) is 18.6. The Morgan fingerprint density at radius 3 is 2.57 bits per heavy atom. The number of benzene rings is 2. The van der Waals surface area contributed by atoms with Crippen molar-refractivity contribution < 1.29 is 4.74 Å². The predicted molar refractivity (Wildman–Crippen MR) is 86.8 cm³/mol. The second-order valence-electron chi connectivity index (χ2n) is 4.85. The van der Waals surface area contributed by atoms with Crippen LogP contribution in [0.3, 0.4) is 0 Å². The van der Waals surface area contributed by atoms with Gasteiger partial charge in [-0.15, -0.1) is 0 Å². The second-order valence-corrected chi connectivity index (χ2v) is 4.85. The number of hydrogen-bond donors (Lipinski definition) is 1. The fourth-order valence-corrected chi connectivity index (χ4v) is 2.11. The average Bonchev–Trinajstić information content (AvgIpc) is 2.54. The van der Waals surface area contributed by atoms with Crippen molar-refractivity contribution in [3.05, 3.63) is 71.3 Å². The predicted octanol–water partition coefficient (Wildman–Crippen LogP) is 3.15. The number of nitrogens with two attached hydrogens (primary N) is 1. The van der Waals surface area contributed by atoms with Crippen LogP contribution in [0.2, 0.25) is 0 Å². The van der Waals surface area contributed by atoms with Gasteiger partial charge in [0.1, 0.15) is 0 Å². The summed E-state index contributed by atoms with van der Waals surface area (Å²) in [5.41, 5.74) is 8.88. The molecule has 0 heterocycles. The summed E-state index contributed by atoms with van der Waals surface area (Å²) in [6.45, 7) is 1.79. The third-order valence-corrected chi connectivity index (χ3v) is 3.13. The summed E-state index contributed by atoms with van der Waals surface area (Å²) in [4.78, 5) is 0. The van der Waals surface area contributed by atoms with E-state index in [9.17, 15) is 0 Å². The van der Waals surface area contributed by atoms with E-state index in [1.54, 1.807) is 0 Å². The van der Waals surface area contributed by atoms with E-state index in [1.807, 2.05) is 18.2 Å². The highest BCUT2D eigenvalue weighted by molar-refractivity contribution is 5.37. The Hall–Kier alpha value is -2.08. The van der Waals surface area contributed by atoms with Gasteiger partial charge in [0.15, 0.2) is 0 Å². The van der Waals surface area contributed by atoms with Crippen LogP contribution in [-0.4, -0.2) is 13.2 Å². The zero-order chi connectivity index (χ0) is 14.8. The summed E-state index contributed by atoms with van der Waals surface area (Å²) < 4.78 is 5.73. The lowest BCUT2D eigenvalue weighted by molar-refractivity contribution is 0.118. The highest BCUT2D eigenvalue weighted by Crippen LogP contribution is 2.07. The van der Waals surface area contributed by atoms with Gasteiger partial charge in [0.05, 0.1) is 13.2 Å². The maximum atomic E-state index is 5.73. The Labute approximate surface area is 126 Å². The summed E-state index contributed by atoms with van der Waals surface area (Å²) >= 11 is 0. The molecule has 2 heteroatoms. The topological polar surface area (TPSA) is 35.2 Å². The smallest absolute Gasteiger partial charge is 0.0717 e. The molecule has 0 aliphatic heterocycles. The van der Waals surface area contributed by atoms with Crippen molar-refractivity contribution in [1.82, 2.24) is 0 Å². The molecular formula is C19H21NO. The van der Waals surface area contributed by atoms with Gasteiger partial charge < -0.3 is 10.5 Å². The van der Waals surface area contributed by atoms with Crippen molar-refractivity contribution in [2.75, 3.05) is 13.2 Å². The molecule has 0 aliphatic carbocycles. The maximum Gasteiger partial charge on any atom is 0.0717 e. The molecule has 0 radical (unpaired) electrons. The van der Waals surface area contributed by atoms with Crippen LogP contribution in [0.15, 0.2) is 54.6 Å². The summed E-state index contributed by atoms with van der Waals surface area (Å²) in [6.07, 6.45) is 2.10. The zero-order valence-corrected chi connectivity index (χ0v) is 12.2. The van der Waals surface area contributed by atoms with Crippen molar-refractivity contribution in [3.63, 3.8) is 0 Å². The molecule has 0 fully saturated rings. The Balaban J connectivity index is 1.71. The molecule has 0 saturated carbocycles. The lowest BCUT2D eigenvalue weighted by atomic mass is 10.1. The normalized spacial score (nSPS) is 9.95. The first-order chi connectivity index (χ1) is 10.4. The van der Waals surface area contributed by atoms with E-state index >= 15 is 0 Å². The molecule has 0 amide bonds. The van der Waals surface area contributed by atoms with Gasteiger partial charge >= 0.3 is 0 Å². The van der Waals surface area contributed by atoms with E-state index in [-0.39, 0.29) is 0 Å². The lowest BCUT2D eigenvalue weighted by Gasteiger charge is -2.05. The van der Waals surface area contributed by atoms with E-state index in [0.717, 1.165) is 30.6 Å². The van der Waals surface area contributed by atoms with E-state index in [4.69, 9.17) is 10.5 Å². The molecule has 0 aromatic heterocycles. The van der Waals surface area contributed by atoms with Crippen LogP contribution in [-0.2, 0) is 17.8 Å². The van der Waals surface area contributed by atoms with Crippen molar-refractivity contribution in [2.24, 2.45) is 5.73 Å². The minimum absolute atomic E-state index is 0.389. The molecule has 0 aliphatic rings. The van der Waals surface area contributed by atoms with Crippen molar-refractivity contribution in [3.8, 4) is 11.8 Å². The van der Waals surface area contributed by atoms with E-state index < -0.39 is 0 Å². The Bertz CT molecular complexity index is 596. The first-order valence-electron chi connectivity index (χ1n) is 7.28. The Morgan fingerprint density at radius 1 is 0.952 bits per heavy atom. The first kappa shape index (κ1) is 15.3. The standard InChI is InChI=1S/C19H21NO/c20-13-5-11-18-9-4-10-19(15-18)16-21-14-6-12-17-7-2-1-3-8-17/h1-4,7-10,15H,6,12-14,16,20H2. The van der Waals surface area contributed by atoms with E-state index in [2.05, 4.69) is 48.2 Å². The molecule has 2 aromatic rings. The largest absolute Gasteiger partial charge is 0.377 e. The number of ether oxygens (including phenoxy) is 1. The van der Waals surface area contributed by atoms with Crippen LogP contribution in [0.1, 0.15) is 23.1 Å². The lowest BCUT2D eigenvalue weighted by Crippen LogP contribution is -1.98. The Morgan fingerprint density at radius 2 is 1.76 bits per heavy atom. The molecule has 0 bridgehead atoms. The van der Waals surface area contributed by atoms with Crippen LogP contribution >= 0.6 is 0 Å². The number of rotatable bonds is 6. The van der Waals surface area contributed by atoms with Crippen LogP contribution in [0.4, 0.5) is 0 Å². The van der Waals surface area contributed by atoms with Gasteiger partial charge in [-0.05, 0) is 36.1 Å². The molecule has 0 unspecified atom stereocenters. The molecule has 0 spiro atoms. The highest BCUT2D eigenvalue weighted by atomic mass is 16.5. The fourth-order valence-electron chi connectivity index (χ4n) is 2.11. The van der Waals surface area contributed by atoms with Crippen LogP contribution in [0, 0.1) is 11.8 Å². The fraction of sp³-hybridized carbons (Fsp3) is 0.263. The van der Waals surface area contributed by atoms with Crippen molar-refractivity contribution >= 4 is 0 Å². The van der Waals surface area contributed by atoms with Crippen LogP contribution < -0.4 is 5.73 Å². The Kier molecular flexibility index (Phi) is 6.54. The van der Waals surface area contributed by atoms with Gasteiger partial charge in [-0.2, -0.15) is 0 Å². The summed E-state index contributed by atoms with van der Waals surface area (Å²) in [7, 11) is 0. The van der Waals surface area contributed by atoms with Gasteiger partial charge in [-0.1, -0.05) is 54.3 Å². The highest BCUT2D eigenvalue weighted by Gasteiger charge is 1.96. The minimum atomic E-state index is 0.389. The SMILES string of the molecule is NCC#Cc1cccc(COCCCc2ccccc2)c1. The quantitative estimate of drug-likeness (QED) is 0.651. The van der Waals surface area contributed by atoms with Gasteiger partial charge in [-0.3, -0.25) is 0 Å². The summed E-state index contributed by atoms with van der Waals surface area (Å²) in [5.74, 6) is 5.90. The number of aryl methyl sites for hydroxylation is 1. The third-order valence-electron chi connectivity index (χ3n) is 3.13. The molecule has 2 rings (SSSR count). The molecule has 0 saturated heterocycles. The van der Waals surface area contributed by atoms with Crippen LogP contribution in [0.5, 0.6) is 0 Å². The third kappa shape index (κ3) is 5.83.